The first-order chi connectivity index (χ1) is 19.1. The molecule has 9 nitrogen and oxygen atoms in total. The number of aromatic amines is 1. The molecule has 2 aliphatic rings. The number of fused-ring (bicyclic) bond motifs is 1. The number of hydrogen-bond donors (Lipinski definition) is 1. The van der Waals surface area contributed by atoms with Gasteiger partial charge in [-0.1, -0.05) is 18.2 Å². The van der Waals surface area contributed by atoms with Crippen LogP contribution >= 0.6 is 0 Å². The third kappa shape index (κ3) is 6.15. The van der Waals surface area contributed by atoms with E-state index in [1.54, 1.807) is 15.9 Å². The molecule has 0 radical (unpaired) electrons. The van der Waals surface area contributed by atoms with Crippen LogP contribution in [0.3, 0.4) is 0 Å². The Morgan fingerprint density at radius 3 is 2.42 bits per heavy atom. The first-order valence-corrected chi connectivity index (χ1v) is 13.5. The van der Waals surface area contributed by atoms with Crippen LogP contribution in [0.2, 0.25) is 0 Å². The molecule has 40 heavy (non-hydrogen) atoms. The summed E-state index contributed by atoms with van der Waals surface area (Å²) in [4.78, 5) is 38.7. The van der Waals surface area contributed by atoms with Crippen LogP contribution in [-0.2, 0) is 11.3 Å². The van der Waals surface area contributed by atoms with Gasteiger partial charge in [-0.2, -0.15) is 5.26 Å². The molecule has 1 saturated heterocycles. The van der Waals surface area contributed by atoms with Gasteiger partial charge in [0.15, 0.2) is 5.82 Å². The monoisotopic (exact) mass is 544 g/mol. The van der Waals surface area contributed by atoms with Crippen LogP contribution in [0.1, 0.15) is 54.5 Å². The van der Waals surface area contributed by atoms with E-state index in [9.17, 15) is 9.59 Å². The lowest BCUT2D eigenvalue weighted by molar-refractivity contribution is 0.0270. The number of imidazole rings is 1. The first kappa shape index (κ1) is 27.3. The van der Waals surface area contributed by atoms with E-state index in [2.05, 4.69) is 20.9 Å². The molecule has 2 aromatic carbocycles. The number of nitrogens with zero attached hydrogens (tertiary/aromatic N) is 5. The molecule has 0 spiro atoms. The van der Waals surface area contributed by atoms with Gasteiger partial charge >= 0.3 is 6.09 Å². The molecule has 10 heteroatoms. The molecule has 0 aliphatic carbocycles. The van der Waals surface area contributed by atoms with Gasteiger partial charge in [0.1, 0.15) is 11.4 Å². The van der Waals surface area contributed by atoms with Crippen molar-refractivity contribution in [1.82, 2.24) is 24.7 Å². The number of carbonyl (C=O) groups excluding carboxylic acids is 2. The Bertz CT molecular complexity index is 1490. The Morgan fingerprint density at radius 2 is 1.80 bits per heavy atom. The Labute approximate surface area is 232 Å². The van der Waals surface area contributed by atoms with Gasteiger partial charge in [0.25, 0.3) is 5.91 Å². The summed E-state index contributed by atoms with van der Waals surface area (Å²) in [5.41, 5.74) is 3.40. The van der Waals surface area contributed by atoms with E-state index in [-0.39, 0.29) is 17.8 Å². The van der Waals surface area contributed by atoms with Gasteiger partial charge in [-0.3, -0.25) is 9.69 Å². The number of halogens is 1. The van der Waals surface area contributed by atoms with Gasteiger partial charge in [-0.15, -0.1) is 0 Å². The first-order valence-electron chi connectivity index (χ1n) is 13.5. The second kappa shape index (κ2) is 11.1. The fourth-order valence-corrected chi connectivity index (χ4v) is 4.99. The fourth-order valence-electron chi connectivity index (χ4n) is 4.99. The van der Waals surface area contributed by atoms with Crippen LogP contribution in [0.15, 0.2) is 42.5 Å². The Hall–Kier alpha value is -4.23. The number of ether oxygens (including phenoxy) is 1. The predicted octanol–water partition coefficient (Wildman–Crippen LogP) is 4.56. The summed E-state index contributed by atoms with van der Waals surface area (Å²) in [6.45, 7) is 9.56. The topological polar surface area (TPSA) is 106 Å². The maximum Gasteiger partial charge on any atom is 0.410 e. The number of carbonyl (C=O) groups is 2. The SMILES string of the molecule is CC(C)(C)OC(=O)N1CC=C(c2cc3nc(C(=O)N4CCN(Cc5ccc(C#N)cc5)CC4)[nH]c3cc2F)CC1. The van der Waals surface area contributed by atoms with Crippen LogP contribution in [0.4, 0.5) is 9.18 Å². The summed E-state index contributed by atoms with van der Waals surface area (Å²) in [6, 6.07) is 12.7. The second-order valence-corrected chi connectivity index (χ2v) is 11.2. The number of benzene rings is 2. The molecular weight excluding hydrogens is 511 g/mol. The van der Waals surface area contributed by atoms with Crippen molar-refractivity contribution >= 4 is 28.6 Å². The Morgan fingerprint density at radius 1 is 1.07 bits per heavy atom. The normalized spacial score (nSPS) is 16.5. The van der Waals surface area contributed by atoms with Crippen molar-refractivity contribution in [2.45, 2.75) is 39.3 Å². The average Bonchev–Trinajstić information content (AvgIpc) is 3.35. The van der Waals surface area contributed by atoms with Gasteiger partial charge in [-0.25, -0.2) is 14.2 Å². The summed E-state index contributed by atoms with van der Waals surface area (Å²) >= 11 is 0. The lowest BCUT2D eigenvalue weighted by atomic mass is 9.98. The minimum absolute atomic E-state index is 0.195. The minimum atomic E-state index is -0.576. The molecule has 0 saturated carbocycles. The molecule has 1 aromatic heterocycles. The van der Waals surface area contributed by atoms with Crippen LogP contribution in [-0.4, -0.2) is 81.5 Å². The Balaban J connectivity index is 1.22. The highest BCUT2D eigenvalue weighted by Crippen LogP contribution is 2.29. The van der Waals surface area contributed by atoms with E-state index in [0.29, 0.717) is 54.8 Å². The smallest absolute Gasteiger partial charge is 0.410 e. The number of piperazine rings is 1. The molecule has 208 valence electrons. The lowest BCUT2D eigenvalue weighted by Crippen LogP contribution is -2.48. The number of H-pyrrole nitrogens is 1. The largest absolute Gasteiger partial charge is 0.444 e. The third-order valence-electron chi connectivity index (χ3n) is 7.13. The zero-order valence-corrected chi connectivity index (χ0v) is 23.0. The molecule has 0 atom stereocenters. The highest BCUT2D eigenvalue weighted by molar-refractivity contribution is 5.95. The van der Waals surface area contributed by atoms with Crippen molar-refractivity contribution in [1.29, 1.82) is 5.26 Å². The van der Waals surface area contributed by atoms with Crippen molar-refractivity contribution in [2.24, 2.45) is 0 Å². The van der Waals surface area contributed by atoms with Crippen LogP contribution in [0, 0.1) is 17.1 Å². The summed E-state index contributed by atoms with van der Waals surface area (Å²) in [7, 11) is 0. The molecule has 0 unspecified atom stereocenters. The highest BCUT2D eigenvalue weighted by atomic mass is 19.1. The summed E-state index contributed by atoms with van der Waals surface area (Å²) in [6.07, 6.45) is 1.95. The van der Waals surface area contributed by atoms with Crippen molar-refractivity contribution in [3.8, 4) is 6.07 Å². The number of aromatic nitrogens is 2. The zero-order valence-electron chi connectivity index (χ0n) is 23.0. The number of rotatable bonds is 4. The quantitative estimate of drug-likeness (QED) is 0.517. The van der Waals surface area contributed by atoms with Crippen molar-refractivity contribution in [3.05, 3.63) is 70.8 Å². The Kier molecular flexibility index (Phi) is 7.59. The molecule has 1 fully saturated rings. The van der Waals surface area contributed by atoms with Gasteiger partial charge < -0.3 is 19.5 Å². The van der Waals surface area contributed by atoms with Gasteiger partial charge in [-0.05, 0) is 56.5 Å². The predicted molar refractivity (Wildman–Crippen MR) is 149 cm³/mol. The van der Waals surface area contributed by atoms with E-state index in [4.69, 9.17) is 10.00 Å². The zero-order chi connectivity index (χ0) is 28.4. The minimum Gasteiger partial charge on any atom is -0.444 e. The van der Waals surface area contributed by atoms with Crippen molar-refractivity contribution in [3.63, 3.8) is 0 Å². The molecule has 2 aliphatic heterocycles. The number of nitriles is 1. The van der Waals surface area contributed by atoms with E-state index < -0.39 is 11.4 Å². The average molecular weight is 545 g/mol. The molecule has 3 aromatic rings. The summed E-state index contributed by atoms with van der Waals surface area (Å²) < 4.78 is 20.5. The van der Waals surface area contributed by atoms with Crippen LogP contribution < -0.4 is 0 Å². The van der Waals surface area contributed by atoms with E-state index in [1.807, 2.05) is 51.1 Å². The standard InChI is InChI=1S/C30H33FN6O3/c1-30(2,3)40-29(39)37-10-8-22(9-11-37)23-16-25-26(17-24(23)31)34-27(33-25)28(38)36-14-12-35(13-15-36)19-21-6-4-20(18-32)5-7-21/h4-8,16-17H,9-15,19H2,1-3H3,(H,33,34). The van der Waals surface area contributed by atoms with Gasteiger partial charge in [0, 0.05) is 57.4 Å². The van der Waals surface area contributed by atoms with Gasteiger partial charge in [0.05, 0.1) is 22.7 Å². The summed E-state index contributed by atoms with van der Waals surface area (Å²) in [5.74, 6) is -0.412. The molecule has 0 bridgehead atoms. The van der Waals surface area contributed by atoms with Crippen LogP contribution in [0.25, 0.3) is 16.6 Å². The maximum absolute atomic E-state index is 15.1. The number of hydrogen-bond acceptors (Lipinski definition) is 6. The molecule has 5 rings (SSSR count). The van der Waals surface area contributed by atoms with Crippen molar-refractivity contribution in [2.75, 3.05) is 39.3 Å². The second-order valence-electron chi connectivity index (χ2n) is 11.2. The van der Waals surface area contributed by atoms with E-state index in [0.717, 1.165) is 30.8 Å². The molecular formula is C30H33FN6O3. The van der Waals surface area contributed by atoms with Crippen molar-refractivity contribution < 1.29 is 18.7 Å². The molecule has 1 N–H and O–H groups in total. The fraction of sp³-hybridized carbons (Fsp3) is 0.400. The third-order valence-corrected chi connectivity index (χ3v) is 7.13. The highest BCUT2D eigenvalue weighted by Gasteiger charge is 2.27. The van der Waals surface area contributed by atoms with Gasteiger partial charge in [0.2, 0.25) is 0 Å². The number of amides is 2. The molecule has 2 amide bonds. The van der Waals surface area contributed by atoms with E-state index in [1.165, 1.54) is 6.07 Å². The molecule has 3 heterocycles. The van der Waals surface area contributed by atoms with Crippen LogP contribution in [0.5, 0.6) is 0 Å². The lowest BCUT2D eigenvalue weighted by Gasteiger charge is -2.34. The maximum atomic E-state index is 15.1. The van der Waals surface area contributed by atoms with E-state index >= 15 is 4.39 Å². The summed E-state index contributed by atoms with van der Waals surface area (Å²) in [5, 5.41) is 8.97. The number of nitrogens with one attached hydrogen (secondary N) is 1.